The lowest BCUT2D eigenvalue weighted by Crippen LogP contribution is -2.57. The number of nitrogens with zero attached hydrogens (tertiary/aromatic N) is 1. The van der Waals surface area contributed by atoms with Gasteiger partial charge in [-0.2, -0.15) is 0 Å². The molecular formula is C17H22N2O3. The van der Waals surface area contributed by atoms with Gasteiger partial charge in [-0.25, -0.2) is 9.59 Å². The molecule has 5 heteroatoms. The van der Waals surface area contributed by atoms with Crippen LogP contribution in [0, 0.1) is 5.92 Å². The molecule has 0 unspecified atom stereocenters. The van der Waals surface area contributed by atoms with Crippen LogP contribution >= 0.6 is 0 Å². The van der Waals surface area contributed by atoms with Crippen molar-refractivity contribution in [1.82, 2.24) is 10.2 Å². The van der Waals surface area contributed by atoms with Gasteiger partial charge in [0.15, 0.2) is 0 Å². The highest BCUT2D eigenvalue weighted by molar-refractivity contribution is 5.90. The van der Waals surface area contributed by atoms with E-state index >= 15 is 0 Å². The fraction of sp³-hybridized carbons (Fsp3) is 0.529. The van der Waals surface area contributed by atoms with Crippen molar-refractivity contribution in [3.63, 3.8) is 0 Å². The first-order valence-corrected chi connectivity index (χ1v) is 7.71. The van der Waals surface area contributed by atoms with Crippen molar-refractivity contribution in [3.05, 3.63) is 35.4 Å². The summed E-state index contributed by atoms with van der Waals surface area (Å²) in [5.74, 6) is -0.00400. The minimum Gasteiger partial charge on any atom is -0.467 e. The van der Waals surface area contributed by atoms with E-state index in [1.54, 1.807) is 4.90 Å². The third-order valence-corrected chi connectivity index (χ3v) is 4.90. The smallest absolute Gasteiger partial charge is 0.332 e. The zero-order valence-electron chi connectivity index (χ0n) is 13.3. The molecule has 0 aromatic heterocycles. The van der Waals surface area contributed by atoms with Gasteiger partial charge < -0.3 is 15.0 Å². The SMILES string of the molecule is COC(=O)C1(N2C[C@@H](C(C)C)NC2=O)Cc2ccccc2C1. The summed E-state index contributed by atoms with van der Waals surface area (Å²) in [6.45, 7) is 4.69. The van der Waals surface area contributed by atoms with Gasteiger partial charge in [0.05, 0.1) is 13.2 Å². The van der Waals surface area contributed by atoms with Crippen molar-refractivity contribution in [3.8, 4) is 0 Å². The minimum atomic E-state index is -0.911. The van der Waals surface area contributed by atoms with Crippen LogP contribution in [0.25, 0.3) is 0 Å². The standard InChI is InChI=1S/C17H22N2O3/c1-11(2)14-10-19(16(21)18-14)17(15(20)22-3)8-12-6-4-5-7-13(12)9-17/h4-7,11,14H,8-10H2,1-3H3,(H,18,21)/t14-/m0/s1. The zero-order chi connectivity index (χ0) is 15.9. The van der Waals surface area contributed by atoms with Gasteiger partial charge in [0.25, 0.3) is 0 Å². The highest BCUT2D eigenvalue weighted by atomic mass is 16.5. The Balaban J connectivity index is 1.96. The molecule has 1 fully saturated rings. The molecule has 0 bridgehead atoms. The lowest BCUT2D eigenvalue weighted by Gasteiger charge is -2.35. The van der Waals surface area contributed by atoms with E-state index in [4.69, 9.17) is 4.74 Å². The van der Waals surface area contributed by atoms with Gasteiger partial charge >= 0.3 is 12.0 Å². The van der Waals surface area contributed by atoms with Crippen molar-refractivity contribution in [1.29, 1.82) is 0 Å². The Kier molecular flexibility index (Phi) is 3.59. The summed E-state index contributed by atoms with van der Waals surface area (Å²) in [6, 6.07) is 7.87. The van der Waals surface area contributed by atoms with E-state index in [1.807, 2.05) is 24.3 Å². The molecule has 0 radical (unpaired) electrons. The number of methoxy groups -OCH3 is 1. The first kappa shape index (κ1) is 14.9. The van der Waals surface area contributed by atoms with Gasteiger partial charge in [0, 0.05) is 19.4 Å². The lowest BCUT2D eigenvalue weighted by atomic mass is 9.92. The quantitative estimate of drug-likeness (QED) is 0.865. The molecule has 1 aromatic rings. The Bertz CT molecular complexity index is 587. The van der Waals surface area contributed by atoms with Crippen molar-refractivity contribution in [2.45, 2.75) is 38.3 Å². The Morgan fingerprint density at radius 2 is 1.91 bits per heavy atom. The predicted octanol–water partition coefficient (Wildman–Crippen LogP) is 1.75. The number of rotatable bonds is 3. The van der Waals surface area contributed by atoms with Crippen molar-refractivity contribution in [2.24, 2.45) is 5.92 Å². The minimum absolute atomic E-state index is 0.0674. The first-order valence-electron chi connectivity index (χ1n) is 7.71. The van der Waals surface area contributed by atoms with Crippen LogP contribution in [0.2, 0.25) is 0 Å². The van der Waals surface area contributed by atoms with E-state index in [0.717, 1.165) is 11.1 Å². The Labute approximate surface area is 130 Å². The summed E-state index contributed by atoms with van der Waals surface area (Å²) < 4.78 is 5.06. The van der Waals surface area contributed by atoms with E-state index < -0.39 is 5.54 Å². The van der Waals surface area contributed by atoms with E-state index in [9.17, 15) is 9.59 Å². The molecule has 1 atom stereocenters. The summed E-state index contributed by atoms with van der Waals surface area (Å²) in [4.78, 5) is 26.7. The second-order valence-electron chi connectivity index (χ2n) is 6.56. The van der Waals surface area contributed by atoms with Crippen LogP contribution in [0.3, 0.4) is 0 Å². The van der Waals surface area contributed by atoms with Crippen LogP contribution in [0.5, 0.6) is 0 Å². The van der Waals surface area contributed by atoms with Crippen LogP contribution in [0.15, 0.2) is 24.3 Å². The number of esters is 1. The molecule has 0 spiro atoms. The van der Waals surface area contributed by atoms with Crippen LogP contribution in [0.4, 0.5) is 4.79 Å². The maximum atomic E-state index is 12.6. The number of ether oxygens (including phenoxy) is 1. The summed E-state index contributed by atoms with van der Waals surface area (Å²) in [5, 5.41) is 2.99. The molecule has 1 N–H and O–H groups in total. The van der Waals surface area contributed by atoms with Crippen LogP contribution in [0.1, 0.15) is 25.0 Å². The van der Waals surface area contributed by atoms with Crippen LogP contribution < -0.4 is 5.32 Å². The number of hydrogen-bond donors (Lipinski definition) is 1. The topological polar surface area (TPSA) is 58.6 Å². The van der Waals surface area contributed by atoms with E-state index in [1.165, 1.54) is 7.11 Å². The largest absolute Gasteiger partial charge is 0.467 e. The third kappa shape index (κ3) is 2.16. The monoisotopic (exact) mass is 302 g/mol. The molecular weight excluding hydrogens is 280 g/mol. The number of carbonyl (C=O) groups is 2. The van der Waals surface area contributed by atoms with Gasteiger partial charge in [0.1, 0.15) is 5.54 Å². The van der Waals surface area contributed by atoms with Crippen molar-refractivity contribution in [2.75, 3.05) is 13.7 Å². The second kappa shape index (κ2) is 5.30. The van der Waals surface area contributed by atoms with Gasteiger partial charge in [-0.3, -0.25) is 0 Å². The van der Waals surface area contributed by atoms with E-state index in [0.29, 0.717) is 25.3 Å². The fourth-order valence-electron chi connectivity index (χ4n) is 3.54. The molecule has 5 nitrogen and oxygen atoms in total. The lowest BCUT2D eigenvalue weighted by molar-refractivity contribution is -0.152. The molecule has 1 heterocycles. The predicted molar refractivity (Wildman–Crippen MR) is 82.5 cm³/mol. The van der Waals surface area contributed by atoms with Crippen LogP contribution in [-0.2, 0) is 22.4 Å². The first-order chi connectivity index (χ1) is 10.5. The summed E-state index contributed by atoms with van der Waals surface area (Å²) in [5.41, 5.74) is 1.33. The molecule has 2 amide bonds. The number of fused-ring (bicyclic) bond motifs is 1. The Morgan fingerprint density at radius 1 is 1.32 bits per heavy atom. The third-order valence-electron chi connectivity index (χ3n) is 4.90. The normalized spacial score (nSPS) is 22.6. The van der Waals surface area contributed by atoms with Gasteiger partial charge in [0.2, 0.25) is 0 Å². The molecule has 118 valence electrons. The number of carbonyl (C=O) groups excluding carboxylic acids is 2. The van der Waals surface area contributed by atoms with E-state index in [-0.39, 0.29) is 18.0 Å². The molecule has 1 aromatic carbocycles. The number of benzene rings is 1. The maximum absolute atomic E-state index is 12.6. The summed E-state index contributed by atoms with van der Waals surface area (Å²) in [7, 11) is 1.39. The van der Waals surface area contributed by atoms with Crippen molar-refractivity contribution >= 4 is 12.0 Å². The molecule has 1 aliphatic carbocycles. The van der Waals surface area contributed by atoms with Crippen molar-refractivity contribution < 1.29 is 14.3 Å². The summed E-state index contributed by atoms with van der Waals surface area (Å²) in [6.07, 6.45) is 1.04. The Hall–Kier alpha value is -2.04. The summed E-state index contributed by atoms with van der Waals surface area (Å²) >= 11 is 0. The molecule has 1 aliphatic heterocycles. The zero-order valence-corrected chi connectivity index (χ0v) is 13.3. The highest BCUT2D eigenvalue weighted by Gasteiger charge is 2.54. The number of urea groups is 1. The van der Waals surface area contributed by atoms with Gasteiger partial charge in [-0.1, -0.05) is 38.1 Å². The second-order valence-corrected chi connectivity index (χ2v) is 6.56. The molecule has 2 aliphatic rings. The molecule has 0 saturated carbocycles. The van der Waals surface area contributed by atoms with Gasteiger partial charge in [-0.15, -0.1) is 0 Å². The molecule has 22 heavy (non-hydrogen) atoms. The molecule has 1 saturated heterocycles. The number of amides is 2. The van der Waals surface area contributed by atoms with Gasteiger partial charge in [-0.05, 0) is 17.0 Å². The highest BCUT2D eigenvalue weighted by Crippen LogP contribution is 2.37. The maximum Gasteiger partial charge on any atom is 0.332 e. The Morgan fingerprint density at radius 3 is 2.36 bits per heavy atom. The number of nitrogens with one attached hydrogen (secondary N) is 1. The average molecular weight is 302 g/mol. The number of hydrogen-bond acceptors (Lipinski definition) is 3. The van der Waals surface area contributed by atoms with E-state index in [2.05, 4.69) is 19.2 Å². The fourth-order valence-corrected chi connectivity index (χ4v) is 3.54. The van der Waals surface area contributed by atoms with Crippen LogP contribution in [-0.4, -0.2) is 42.1 Å². The molecule has 3 rings (SSSR count). The average Bonchev–Trinajstić information content (AvgIpc) is 3.07.